The van der Waals surface area contributed by atoms with E-state index in [4.69, 9.17) is 4.74 Å². The third-order valence-electron chi connectivity index (χ3n) is 3.90. The first kappa shape index (κ1) is 15.1. The summed E-state index contributed by atoms with van der Waals surface area (Å²) in [5, 5.41) is 22.3. The van der Waals surface area contributed by atoms with Gasteiger partial charge in [-0.3, -0.25) is 19.7 Å². The maximum absolute atomic E-state index is 13.3. The fourth-order valence-corrected chi connectivity index (χ4v) is 2.87. The zero-order chi connectivity index (χ0) is 16.7. The maximum atomic E-state index is 13.3. The molecule has 2 N–H and O–H groups in total. The van der Waals surface area contributed by atoms with Gasteiger partial charge in [0.15, 0.2) is 0 Å². The molecule has 4 atom stereocenters. The SMILES string of the molecule is O=C(Nc1ccc(F)c([N+](=O)[O-])c1)[C@@H]1[C@H](C(=O)O)[C@@H]2C=C[C@H]1O2. The Bertz CT molecular complexity index is 734. The molecular weight excluding hydrogens is 311 g/mol. The Balaban J connectivity index is 1.82. The molecule has 0 aliphatic carbocycles. The molecule has 8 nitrogen and oxygen atoms in total. The summed E-state index contributed by atoms with van der Waals surface area (Å²) >= 11 is 0. The van der Waals surface area contributed by atoms with Crippen molar-refractivity contribution in [2.24, 2.45) is 11.8 Å². The van der Waals surface area contributed by atoms with Gasteiger partial charge in [-0.15, -0.1) is 0 Å². The quantitative estimate of drug-likeness (QED) is 0.490. The second-order valence-electron chi connectivity index (χ2n) is 5.25. The molecule has 2 bridgehead atoms. The predicted octanol–water partition coefficient (Wildman–Crippen LogP) is 1.33. The number of amides is 1. The van der Waals surface area contributed by atoms with E-state index in [-0.39, 0.29) is 5.69 Å². The third-order valence-corrected chi connectivity index (χ3v) is 3.90. The van der Waals surface area contributed by atoms with E-state index in [9.17, 15) is 29.2 Å². The second-order valence-corrected chi connectivity index (χ2v) is 5.25. The van der Waals surface area contributed by atoms with Crippen LogP contribution in [0.3, 0.4) is 0 Å². The molecule has 1 amide bonds. The summed E-state index contributed by atoms with van der Waals surface area (Å²) < 4.78 is 18.7. The number of nitro benzene ring substituents is 1. The third kappa shape index (κ3) is 2.55. The molecule has 2 heterocycles. The lowest BCUT2D eigenvalue weighted by molar-refractivity contribution is -0.387. The number of fused-ring (bicyclic) bond motifs is 2. The number of ether oxygens (including phenoxy) is 1. The average molecular weight is 322 g/mol. The van der Waals surface area contributed by atoms with Crippen LogP contribution in [-0.4, -0.2) is 34.1 Å². The number of carbonyl (C=O) groups excluding carboxylic acids is 1. The number of nitro groups is 1. The second kappa shape index (κ2) is 5.43. The summed E-state index contributed by atoms with van der Waals surface area (Å²) in [6.07, 6.45) is 1.88. The van der Waals surface area contributed by atoms with Crippen molar-refractivity contribution in [1.82, 2.24) is 0 Å². The highest BCUT2D eigenvalue weighted by molar-refractivity contribution is 5.96. The Morgan fingerprint density at radius 1 is 1.26 bits per heavy atom. The molecule has 0 radical (unpaired) electrons. The minimum absolute atomic E-state index is 0.0130. The molecule has 3 rings (SSSR count). The van der Waals surface area contributed by atoms with E-state index in [1.165, 1.54) is 6.07 Å². The van der Waals surface area contributed by atoms with E-state index in [0.717, 1.165) is 12.1 Å². The summed E-state index contributed by atoms with van der Waals surface area (Å²) in [4.78, 5) is 33.4. The van der Waals surface area contributed by atoms with Gasteiger partial charge >= 0.3 is 11.7 Å². The summed E-state index contributed by atoms with van der Waals surface area (Å²) in [6.45, 7) is 0. The van der Waals surface area contributed by atoms with Gasteiger partial charge in [0.25, 0.3) is 0 Å². The van der Waals surface area contributed by atoms with Crippen LogP contribution in [0.4, 0.5) is 15.8 Å². The molecule has 120 valence electrons. The van der Waals surface area contributed by atoms with Crippen LogP contribution < -0.4 is 5.32 Å². The number of rotatable bonds is 4. The first-order valence-corrected chi connectivity index (χ1v) is 6.70. The number of hydrogen-bond acceptors (Lipinski definition) is 5. The number of nitrogens with zero attached hydrogens (tertiary/aromatic N) is 1. The van der Waals surface area contributed by atoms with Crippen molar-refractivity contribution < 1.29 is 28.7 Å². The fraction of sp³-hybridized carbons (Fsp3) is 0.286. The molecular formula is C14H11FN2O6. The molecule has 1 saturated heterocycles. The highest BCUT2D eigenvalue weighted by atomic mass is 19.1. The minimum atomic E-state index is -1.16. The molecule has 0 saturated carbocycles. The molecule has 1 fully saturated rings. The molecule has 1 aromatic carbocycles. The number of anilines is 1. The molecule has 0 spiro atoms. The number of carbonyl (C=O) groups is 2. The molecule has 0 unspecified atom stereocenters. The topological polar surface area (TPSA) is 119 Å². The van der Waals surface area contributed by atoms with Gasteiger partial charge in [-0.05, 0) is 12.1 Å². The number of carboxylic acid groups (broad SMARTS) is 1. The van der Waals surface area contributed by atoms with Crippen LogP contribution in [0.15, 0.2) is 30.4 Å². The van der Waals surface area contributed by atoms with Crippen LogP contribution in [0.25, 0.3) is 0 Å². The smallest absolute Gasteiger partial charge is 0.310 e. The van der Waals surface area contributed by atoms with Crippen LogP contribution >= 0.6 is 0 Å². The number of carboxylic acids is 1. The lowest BCUT2D eigenvalue weighted by atomic mass is 9.82. The molecule has 2 aliphatic rings. The highest BCUT2D eigenvalue weighted by Gasteiger charge is 2.53. The van der Waals surface area contributed by atoms with Gasteiger partial charge in [-0.2, -0.15) is 4.39 Å². The summed E-state index contributed by atoms with van der Waals surface area (Å²) in [5.41, 5.74) is -0.763. The number of aliphatic carboxylic acids is 1. The Morgan fingerprint density at radius 2 is 1.91 bits per heavy atom. The van der Waals surface area contributed by atoms with Gasteiger partial charge in [0.05, 0.1) is 23.0 Å². The van der Waals surface area contributed by atoms with Crippen LogP contribution in [0, 0.1) is 27.8 Å². The predicted molar refractivity (Wildman–Crippen MR) is 74.1 cm³/mol. The van der Waals surface area contributed by atoms with Crippen LogP contribution in [0.1, 0.15) is 0 Å². The Hall–Kier alpha value is -2.81. The van der Waals surface area contributed by atoms with E-state index in [1.807, 2.05) is 0 Å². The summed E-state index contributed by atoms with van der Waals surface area (Å²) in [6, 6.07) is 2.91. The monoisotopic (exact) mass is 322 g/mol. The largest absolute Gasteiger partial charge is 0.481 e. The highest BCUT2D eigenvalue weighted by Crippen LogP contribution is 2.40. The minimum Gasteiger partial charge on any atom is -0.481 e. The summed E-state index contributed by atoms with van der Waals surface area (Å²) in [7, 11) is 0. The van der Waals surface area contributed by atoms with Gasteiger partial charge in [0, 0.05) is 11.8 Å². The number of hydrogen-bond donors (Lipinski definition) is 2. The lowest BCUT2D eigenvalue weighted by Gasteiger charge is -2.20. The van der Waals surface area contributed by atoms with Crippen molar-refractivity contribution in [1.29, 1.82) is 0 Å². The molecule has 2 aliphatic heterocycles. The van der Waals surface area contributed by atoms with E-state index >= 15 is 0 Å². The van der Waals surface area contributed by atoms with Crippen LogP contribution in [0.2, 0.25) is 0 Å². The standard InChI is InChI=1S/C14H11FN2O6/c15-7-2-1-6(5-8(7)17(21)22)16-13(18)11-9-3-4-10(23-9)12(11)14(19)20/h1-5,9-12H,(H,16,18)(H,19,20)/t9-,10+,11+,12-/m1/s1. The van der Waals surface area contributed by atoms with Crippen molar-refractivity contribution in [3.63, 3.8) is 0 Å². The maximum Gasteiger partial charge on any atom is 0.310 e. The summed E-state index contributed by atoms with van der Waals surface area (Å²) in [5.74, 6) is -4.81. The molecule has 9 heteroatoms. The van der Waals surface area contributed by atoms with E-state index in [1.54, 1.807) is 12.2 Å². The van der Waals surface area contributed by atoms with Gasteiger partial charge in [-0.1, -0.05) is 12.2 Å². The molecule has 0 aromatic heterocycles. The van der Waals surface area contributed by atoms with Crippen LogP contribution in [-0.2, 0) is 14.3 Å². The zero-order valence-corrected chi connectivity index (χ0v) is 11.5. The Labute approximate surface area is 128 Å². The normalized spacial score (nSPS) is 27.9. The van der Waals surface area contributed by atoms with Crippen molar-refractivity contribution in [2.75, 3.05) is 5.32 Å². The van der Waals surface area contributed by atoms with Crippen LogP contribution in [0.5, 0.6) is 0 Å². The van der Waals surface area contributed by atoms with Crippen molar-refractivity contribution in [3.8, 4) is 0 Å². The van der Waals surface area contributed by atoms with E-state index in [2.05, 4.69) is 5.32 Å². The average Bonchev–Trinajstić information content (AvgIpc) is 3.09. The molecule has 1 aromatic rings. The van der Waals surface area contributed by atoms with Gasteiger partial charge < -0.3 is 15.2 Å². The Kier molecular flexibility index (Phi) is 3.57. The Morgan fingerprint density at radius 3 is 2.52 bits per heavy atom. The number of halogens is 1. The first-order chi connectivity index (χ1) is 10.9. The first-order valence-electron chi connectivity index (χ1n) is 6.70. The molecule has 23 heavy (non-hydrogen) atoms. The lowest BCUT2D eigenvalue weighted by Crippen LogP contribution is -2.39. The number of nitrogens with one attached hydrogen (secondary N) is 1. The van der Waals surface area contributed by atoms with Gasteiger partial charge in [0.1, 0.15) is 5.92 Å². The van der Waals surface area contributed by atoms with Crippen molar-refractivity contribution in [3.05, 3.63) is 46.3 Å². The zero-order valence-electron chi connectivity index (χ0n) is 11.5. The van der Waals surface area contributed by atoms with Crippen molar-refractivity contribution in [2.45, 2.75) is 12.2 Å². The number of benzene rings is 1. The van der Waals surface area contributed by atoms with Gasteiger partial charge in [0.2, 0.25) is 11.7 Å². The fourth-order valence-electron chi connectivity index (χ4n) is 2.87. The van der Waals surface area contributed by atoms with E-state index < -0.39 is 52.3 Å². The van der Waals surface area contributed by atoms with E-state index in [0.29, 0.717) is 0 Å². The van der Waals surface area contributed by atoms with Crippen molar-refractivity contribution >= 4 is 23.3 Å². The van der Waals surface area contributed by atoms with Gasteiger partial charge in [-0.25, -0.2) is 0 Å².